The highest BCUT2D eigenvalue weighted by Gasteiger charge is 2.28. The van der Waals surface area contributed by atoms with Crippen LogP contribution in [0.2, 0.25) is 0 Å². The number of halogens is 1. The minimum atomic E-state index is -3.37. The first-order chi connectivity index (χ1) is 9.39. The van der Waals surface area contributed by atoms with Crippen molar-refractivity contribution in [2.24, 2.45) is 0 Å². The van der Waals surface area contributed by atoms with E-state index in [-0.39, 0.29) is 0 Å². The average molecular weight is 360 g/mol. The van der Waals surface area contributed by atoms with Crippen LogP contribution in [0.1, 0.15) is 13.8 Å². The van der Waals surface area contributed by atoms with Crippen LogP contribution in [0.4, 0.5) is 0 Å². The van der Waals surface area contributed by atoms with Gasteiger partial charge in [-0.3, -0.25) is 0 Å². The molecule has 1 heterocycles. The first kappa shape index (κ1) is 15.9. The Kier molecular flexibility index (Phi) is 5.23. The van der Waals surface area contributed by atoms with Gasteiger partial charge in [0.15, 0.2) is 0 Å². The Hall–Kier alpha value is -0.430. The maximum absolute atomic E-state index is 12.5. The number of piperazine rings is 1. The molecular weight excluding hydrogens is 340 g/mol. The Balaban J connectivity index is 2.06. The van der Waals surface area contributed by atoms with E-state index < -0.39 is 10.0 Å². The van der Waals surface area contributed by atoms with E-state index in [4.69, 9.17) is 0 Å². The molecule has 0 spiro atoms. The van der Waals surface area contributed by atoms with Crippen molar-refractivity contribution in [2.75, 3.05) is 32.7 Å². The van der Waals surface area contributed by atoms with Gasteiger partial charge in [-0.2, -0.15) is 4.31 Å². The van der Waals surface area contributed by atoms with E-state index in [2.05, 4.69) is 34.7 Å². The Morgan fingerprint density at radius 2 is 1.85 bits per heavy atom. The quantitative estimate of drug-likeness (QED) is 0.828. The Labute approximate surface area is 129 Å². The normalized spacial score (nSPS) is 18.6. The number of benzene rings is 1. The van der Waals surface area contributed by atoms with E-state index in [1.165, 1.54) is 5.92 Å². The number of hydrogen-bond acceptors (Lipinski definition) is 3. The first-order valence-corrected chi connectivity index (χ1v) is 8.90. The fourth-order valence-corrected chi connectivity index (χ4v) is 4.37. The topological polar surface area (TPSA) is 40.6 Å². The van der Waals surface area contributed by atoms with Crippen LogP contribution in [0.3, 0.4) is 0 Å². The van der Waals surface area contributed by atoms with Crippen molar-refractivity contribution >= 4 is 26.0 Å². The van der Waals surface area contributed by atoms with Crippen molar-refractivity contribution in [3.05, 3.63) is 34.7 Å². The summed E-state index contributed by atoms with van der Waals surface area (Å²) in [5, 5.41) is 0. The molecule has 2 rings (SSSR count). The zero-order valence-corrected chi connectivity index (χ0v) is 14.2. The lowest BCUT2D eigenvalue weighted by Gasteiger charge is -2.34. The van der Waals surface area contributed by atoms with E-state index in [0.717, 1.165) is 24.1 Å². The van der Waals surface area contributed by atoms with Gasteiger partial charge >= 0.3 is 0 Å². The van der Waals surface area contributed by atoms with Crippen LogP contribution in [-0.4, -0.2) is 50.3 Å². The maximum atomic E-state index is 12.5. The molecule has 111 valence electrons. The summed E-state index contributed by atoms with van der Waals surface area (Å²) in [6.45, 7) is 7.85. The second-order valence-corrected chi connectivity index (χ2v) is 8.20. The van der Waals surface area contributed by atoms with Crippen LogP contribution in [0.5, 0.6) is 0 Å². The largest absolute Gasteiger partial charge is 0.300 e. The zero-order valence-electron chi connectivity index (χ0n) is 11.8. The van der Waals surface area contributed by atoms with E-state index in [1.54, 1.807) is 22.5 Å². The summed E-state index contributed by atoms with van der Waals surface area (Å²) >= 11 is 3.32. The van der Waals surface area contributed by atoms with Crippen molar-refractivity contribution in [2.45, 2.75) is 18.7 Å². The molecule has 0 bridgehead atoms. The van der Waals surface area contributed by atoms with Gasteiger partial charge in [-0.05, 0) is 24.1 Å². The lowest BCUT2D eigenvalue weighted by atomic mass is 10.2. The SMILES string of the molecule is C[C](C)CN1CCN(S(=O)(=O)c2cccc(Br)c2)CC1. The van der Waals surface area contributed by atoms with Gasteiger partial charge in [0.1, 0.15) is 0 Å². The van der Waals surface area contributed by atoms with Gasteiger partial charge in [0.05, 0.1) is 4.90 Å². The van der Waals surface area contributed by atoms with Crippen molar-refractivity contribution in [1.29, 1.82) is 0 Å². The summed E-state index contributed by atoms with van der Waals surface area (Å²) < 4.78 is 27.5. The second kappa shape index (κ2) is 6.56. The number of rotatable bonds is 4. The fourth-order valence-electron chi connectivity index (χ4n) is 2.35. The highest BCUT2D eigenvalue weighted by molar-refractivity contribution is 9.10. The van der Waals surface area contributed by atoms with Crippen molar-refractivity contribution in [1.82, 2.24) is 9.21 Å². The van der Waals surface area contributed by atoms with Crippen molar-refractivity contribution in [3.8, 4) is 0 Å². The molecule has 0 N–H and O–H groups in total. The molecule has 0 amide bonds. The lowest BCUT2D eigenvalue weighted by Crippen LogP contribution is -2.49. The van der Waals surface area contributed by atoms with Crippen molar-refractivity contribution < 1.29 is 8.42 Å². The van der Waals surface area contributed by atoms with Gasteiger partial charge in [0.25, 0.3) is 0 Å². The molecule has 1 radical (unpaired) electrons. The van der Waals surface area contributed by atoms with Gasteiger partial charge < -0.3 is 4.90 Å². The van der Waals surface area contributed by atoms with Crippen LogP contribution in [-0.2, 0) is 10.0 Å². The van der Waals surface area contributed by atoms with Crippen LogP contribution in [0.25, 0.3) is 0 Å². The molecule has 0 saturated carbocycles. The molecule has 0 unspecified atom stereocenters. The summed E-state index contributed by atoms with van der Waals surface area (Å²) in [4.78, 5) is 2.65. The molecule has 0 aromatic heterocycles. The molecule has 4 nitrogen and oxygen atoms in total. The van der Waals surface area contributed by atoms with Crippen LogP contribution >= 0.6 is 15.9 Å². The third kappa shape index (κ3) is 3.81. The van der Waals surface area contributed by atoms with Crippen LogP contribution < -0.4 is 0 Å². The number of sulfonamides is 1. The standard InChI is InChI=1S/C14H20BrN2O2S/c1-12(2)11-16-6-8-17(9-7-16)20(18,19)14-5-3-4-13(15)10-14/h3-5,10H,6-9,11H2,1-2H3. The fraction of sp³-hybridized carbons (Fsp3) is 0.500. The lowest BCUT2D eigenvalue weighted by molar-refractivity contribution is 0.194. The van der Waals surface area contributed by atoms with E-state index in [9.17, 15) is 8.42 Å². The first-order valence-electron chi connectivity index (χ1n) is 6.67. The van der Waals surface area contributed by atoms with Crippen LogP contribution in [0.15, 0.2) is 33.6 Å². The molecule has 0 aliphatic carbocycles. The van der Waals surface area contributed by atoms with E-state index in [0.29, 0.717) is 18.0 Å². The molecule has 1 saturated heterocycles. The number of nitrogens with zero attached hydrogens (tertiary/aromatic N) is 2. The minimum Gasteiger partial charge on any atom is -0.300 e. The van der Waals surface area contributed by atoms with E-state index >= 15 is 0 Å². The summed E-state index contributed by atoms with van der Waals surface area (Å²) in [5.74, 6) is 1.35. The third-order valence-corrected chi connectivity index (χ3v) is 5.69. The molecular formula is C14H20BrN2O2S. The molecule has 1 aromatic rings. The van der Waals surface area contributed by atoms with Crippen LogP contribution in [0, 0.1) is 5.92 Å². The Bertz CT molecular complexity index is 552. The molecule has 20 heavy (non-hydrogen) atoms. The number of hydrogen-bond donors (Lipinski definition) is 0. The highest BCUT2D eigenvalue weighted by atomic mass is 79.9. The highest BCUT2D eigenvalue weighted by Crippen LogP contribution is 2.21. The molecule has 1 fully saturated rings. The predicted molar refractivity (Wildman–Crippen MR) is 83.9 cm³/mol. The predicted octanol–water partition coefficient (Wildman–Crippen LogP) is 2.37. The molecule has 0 atom stereocenters. The third-order valence-electron chi connectivity index (χ3n) is 3.30. The molecule has 1 aliphatic heterocycles. The summed E-state index contributed by atoms with van der Waals surface area (Å²) in [6.07, 6.45) is 0. The van der Waals surface area contributed by atoms with E-state index in [1.807, 2.05) is 6.07 Å². The summed E-state index contributed by atoms with van der Waals surface area (Å²) in [7, 11) is -3.37. The van der Waals surface area contributed by atoms with Gasteiger partial charge in [-0.25, -0.2) is 8.42 Å². The average Bonchev–Trinajstić information content (AvgIpc) is 2.38. The molecule has 6 heteroatoms. The van der Waals surface area contributed by atoms with Gasteiger partial charge in [0.2, 0.25) is 10.0 Å². The molecule has 1 aromatic carbocycles. The van der Waals surface area contributed by atoms with Gasteiger partial charge in [-0.15, -0.1) is 0 Å². The second-order valence-electron chi connectivity index (χ2n) is 5.34. The van der Waals surface area contributed by atoms with Gasteiger partial charge in [0, 0.05) is 37.2 Å². The Morgan fingerprint density at radius 3 is 2.40 bits per heavy atom. The minimum absolute atomic E-state index is 0.360. The van der Waals surface area contributed by atoms with Crippen molar-refractivity contribution in [3.63, 3.8) is 0 Å². The summed E-state index contributed by atoms with van der Waals surface area (Å²) in [5.41, 5.74) is 0. The Morgan fingerprint density at radius 1 is 1.20 bits per heavy atom. The summed E-state index contributed by atoms with van der Waals surface area (Å²) in [6, 6.07) is 6.89. The smallest absolute Gasteiger partial charge is 0.243 e. The molecule has 1 aliphatic rings. The maximum Gasteiger partial charge on any atom is 0.243 e. The zero-order chi connectivity index (χ0) is 14.8. The monoisotopic (exact) mass is 359 g/mol. The van der Waals surface area contributed by atoms with Gasteiger partial charge in [-0.1, -0.05) is 35.8 Å².